The zero-order valence-corrected chi connectivity index (χ0v) is 14.3. The summed E-state index contributed by atoms with van der Waals surface area (Å²) in [5.41, 5.74) is 1.73. The van der Waals surface area contributed by atoms with Gasteiger partial charge in [0, 0.05) is 30.0 Å². The molecule has 0 radical (unpaired) electrons. The lowest BCUT2D eigenvalue weighted by Gasteiger charge is -2.14. The predicted molar refractivity (Wildman–Crippen MR) is 93.3 cm³/mol. The number of benzene rings is 1. The second-order valence-corrected chi connectivity index (χ2v) is 7.07. The van der Waals surface area contributed by atoms with Crippen molar-refractivity contribution in [2.24, 2.45) is 0 Å². The van der Waals surface area contributed by atoms with Crippen LogP contribution in [0.3, 0.4) is 0 Å². The fourth-order valence-corrected chi connectivity index (χ4v) is 3.90. The summed E-state index contributed by atoms with van der Waals surface area (Å²) in [7, 11) is 0. The second kappa shape index (κ2) is 6.45. The number of rotatable bonds is 5. The van der Waals surface area contributed by atoms with Crippen LogP contribution in [0.4, 0.5) is 4.39 Å². The van der Waals surface area contributed by atoms with Crippen molar-refractivity contribution in [1.82, 2.24) is 20.1 Å². The minimum atomic E-state index is -0.176. The van der Waals surface area contributed by atoms with Gasteiger partial charge in [0.2, 0.25) is 0 Å². The van der Waals surface area contributed by atoms with E-state index in [-0.39, 0.29) is 11.9 Å². The molecule has 3 aromatic rings. The first-order valence-electron chi connectivity index (χ1n) is 8.20. The predicted octanol–water partition coefficient (Wildman–Crippen LogP) is 3.94. The minimum Gasteiger partial charge on any atom is -0.314 e. The number of thiophene rings is 1. The fourth-order valence-electron chi connectivity index (χ4n) is 3.16. The molecule has 4 rings (SSSR count). The van der Waals surface area contributed by atoms with Gasteiger partial charge in [-0.05, 0) is 42.5 Å². The second-order valence-electron chi connectivity index (χ2n) is 6.12. The Morgan fingerprint density at radius 1 is 1.33 bits per heavy atom. The molecule has 1 N–H and O–H groups in total. The number of hydrogen-bond donors (Lipinski definition) is 1. The van der Waals surface area contributed by atoms with Crippen LogP contribution < -0.4 is 5.32 Å². The standard InChI is InChI=1S/C18H19FN4S/c1-12(18-22-21-17-5-2-8-23(17)18)20-11-13-6-7-15(19)14(10-13)16-4-3-9-24-16/h3-4,6-7,9-10,12,20H,2,5,8,11H2,1H3. The van der Waals surface area contributed by atoms with Crippen molar-refractivity contribution < 1.29 is 4.39 Å². The van der Waals surface area contributed by atoms with Crippen LogP contribution in [0.5, 0.6) is 0 Å². The number of fused-ring (bicyclic) bond motifs is 1. The Hall–Kier alpha value is -2.05. The normalized spacial score (nSPS) is 14.8. The minimum absolute atomic E-state index is 0.111. The van der Waals surface area contributed by atoms with Crippen LogP contribution >= 0.6 is 11.3 Å². The highest BCUT2D eigenvalue weighted by Gasteiger charge is 2.21. The molecule has 0 saturated carbocycles. The molecule has 0 fully saturated rings. The highest BCUT2D eigenvalue weighted by Crippen LogP contribution is 2.28. The highest BCUT2D eigenvalue weighted by atomic mass is 32.1. The van der Waals surface area contributed by atoms with E-state index in [0.717, 1.165) is 41.5 Å². The van der Waals surface area contributed by atoms with Gasteiger partial charge in [-0.25, -0.2) is 4.39 Å². The number of halogens is 1. The van der Waals surface area contributed by atoms with Gasteiger partial charge in [-0.2, -0.15) is 0 Å². The van der Waals surface area contributed by atoms with Crippen LogP contribution in [0, 0.1) is 5.82 Å². The summed E-state index contributed by atoms with van der Waals surface area (Å²) in [6, 6.07) is 9.31. The van der Waals surface area contributed by atoms with Crippen molar-refractivity contribution in [3.05, 3.63) is 58.7 Å². The lowest BCUT2D eigenvalue weighted by molar-refractivity contribution is 0.515. The molecule has 1 unspecified atom stereocenters. The lowest BCUT2D eigenvalue weighted by Crippen LogP contribution is -2.21. The Labute approximate surface area is 144 Å². The molecule has 2 aromatic heterocycles. The van der Waals surface area contributed by atoms with Crippen molar-refractivity contribution in [2.75, 3.05) is 0 Å². The van der Waals surface area contributed by atoms with Gasteiger partial charge in [-0.1, -0.05) is 12.1 Å². The smallest absolute Gasteiger partial charge is 0.149 e. The van der Waals surface area contributed by atoms with Crippen LogP contribution in [0.1, 0.15) is 36.6 Å². The first-order chi connectivity index (χ1) is 11.7. The fraction of sp³-hybridized carbons (Fsp3) is 0.333. The monoisotopic (exact) mass is 342 g/mol. The third-order valence-corrected chi connectivity index (χ3v) is 5.36. The van der Waals surface area contributed by atoms with E-state index in [1.165, 1.54) is 0 Å². The maximum absolute atomic E-state index is 14.1. The summed E-state index contributed by atoms with van der Waals surface area (Å²) < 4.78 is 16.3. The molecule has 0 bridgehead atoms. The molecule has 0 amide bonds. The van der Waals surface area contributed by atoms with E-state index < -0.39 is 0 Å². The van der Waals surface area contributed by atoms with Crippen LogP contribution in [-0.2, 0) is 19.5 Å². The molecule has 1 aliphatic heterocycles. The van der Waals surface area contributed by atoms with Gasteiger partial charge in [0.1, 0.15) is 17.5 Å². The Morgan fingerprint density at radius 3 is 3.08 bits per heavy atom. The third-order valence-electron chi connectivity index (χ3n) is 4.46. The van der Waals surface area contributed by atoms with E-state index in [0.29, 0.717) is 12.1 Å². The molecule has 1 atom stereocenters. The molecular formula is C18H19FN4S. The van der Waals surface area contributed by atoms with Crippen molar-refractivity contribution >= 4 is 11.3 Å². The van der Waals surface area contributed by atoms with Gasteiger partial charge in [0.25, 0.3) is 0 Å². The SMILES string of the molecule is CC(NCc1ccc(F)c(-c2cccs2)c1)c1nnc2n1CCC2. The molecule has 1 aromatic carbocycles. The van der Waals surface area contributed by atoms with E-state index in [9.17, 15) is 4.39 Å². The summed E-state index contributed by atoms with van der Waals surface area (Å²) in [6.45, 7) is 3.77. The summed E-state index contributed by atoms with van der Waals surface area (Å²) in [5, 5.41) is 14.0. The van der Waals surface area contributed by atoms with Gasteiger partial charge in [0.15, 0.2) is 0 Å². The Kier molecular flexibility index (Phi) is 4.16. The van der Waals surface area contributed by atoms with E-state index in [4.69, 9.17) is 0 Å². The average molecular weight is 342 g/mol. The number of hydrogen-bond acceptors (Lipinski definition) is 4. The Bertz CT molecular complexity index is 841. The molecule has 0 spiro atoms. The van der Waals surface area contributed by atoms with E-state index in [1.54, 1.807) is 17.4 Å². The topological polar surface area (TPSA) is 42.7 Å². The number of nitrogens with zero attached hydrogens (tertiary/aromatic N) is 3. The van der Waals surface area contributed by atoms with Crippen LogP contribution in [0.2, 0.25) is 0 Å². The summed E-state index contributed by atoms with van der Waals surface area (Å²) in [5.74, 6) is 1.90. The van der Waals surface area contributed by atoms with E-state index in [2.05, 4.69) is 27.0 Å². The Balaban J connectivity index is 1.49. The van der Waals surface area contributed by atoms with Gasteiger partial charge >= 0.3 is 0 Å². The molecule has 124 valence electrons. The molecule has 24 heavy (non-hydrogen) atoms. The number of nitrogens with one attached hydrogen (secondary N) is 1. The summed E-state index contributed by atoms with van der Waals surface area (Å²) in [6.07, 6.45) is 2.16. The van der Waals surface area contributed by atoms with Gasteiger partial charge in [0.05, 0.1) is 6.04 Å². The number of aryl methyl sites for hydroxylation is 1. The van der Waals surface area contributed by atoms with E-state index in [1.807, 2.05) is 29.6 Å². The first-order valence-corrected chi connectivity index (χ1v) is 9.08. The zero-order valence-electron chi connectivity index (χ0n) is 13.5. The average Bonchev–Trinajstić information content (AvgIpc) is 3.31. The number of aromatic nitrogens is 3. The van der Waals surface area contributed by atoms with Crippen LogP contribution in [-0.4, -0.2) is 14.8 Å². The molecular weight excluding hydrogens is 323 g/mol. The molecule has 3 heterocycles. The Morgan fingerprint density at radius 2 is 2.25 bits per heavy atom. The lowest BCUT2D eigenvalue weighted by atomic mass is 10.1. The molecule has 1 aliphatic rings. The summed E-state index contributed by atoms with van der Waals surface area (Å²) in [4.78, 5) is 0.956. The van der Waals surface area contributed by atoms with Gasteiger partial charge in [-0.3, -0.25) is 0 Å². The third kappa shape index (κ3) is 2.87. The molecule has 6 heteroatoms. The molecule has 0 aliphatic carbocycles. The van der Waals surface area contributed by atoms with Crippen molar-refractivity contribution in [1.29, 1.82) is 0 Å². The maximum atomic E-state index is 14.1. The summed E-state index contributed by atoms with van der Waals surface area (Å²) >= 11 is 1.55. The van der Waals surface area contributed by atoms with Crippen molar-refractivity contribution in [3.8, 4) is 10.4 Å². The first kappa shape index (κ1) is 15.5. The highest BCUT2D eigenvalue weighted by molar-refractivity contribution is 7.13. The van der Waals surface area contributed by atoms with Crippen molar-refractivity contribution in [3.63, 3.8) is 0 Å². The van der Waals surface area contributed by atoms with Gasteiger partial charge in [-0.15, -0.1) is 21.5 Å². The van der Waals surface area contributed by atoms with E-state index >= 15 is 0 Å². The largest absolute Gasteiger partial charge is 0.314 e. The van der Waals surface area contributed by atoms with Crippen LogP contribution in [0.25, 0.3) is 10.4 Å². The van der Waals surface area contributed by atoms with Crippen molar-refractivity contribution in [2.45, 2.75) is 38.9 Å². The quantitative estimate of drug-likeness (QED) is 0.764. The van der Waals surface area contributed by atoms with Crippen LogP contribution in [0.15, 0.2) is 35.7 Å². The molecule has 0 saturated heterocycles. The maximum Gasteiger partial charge on any atom is 0.149 e. The zero-order chi connectivity index (χ0) is 16.5. The van der Waals surface area contributed by atoms with Gasteiger partial charge < -0.3 is 9.88 Å². The molecule has 4 nitrogen and oxygen atoms in total.